The van der Waals surface area contributed by atoms with Gasteiger partial charge in [-0.1, -0.05) is 30.3 Å². The summed E-state index contributed by atoms with van der Waals surface area (Å²) in [6.07, 6.45) is 3.40. The van der Waals surface area contributed by atoms with Gasteiger partial charge in [-0.05, 0) is 18.2 Å². The largest absolute Gasteiger partial charge is 0.277 e. The number of rotatable bonds is 2. The molecule has 2 heterocycles. The molecule has 2 aromatic heterocycles. The predicted octanol–water partition coefficient (Wildman–Crippen LogP) is 4.36. The van der Waals surface area contributed by atoms with Crippen LogP contribution in [0, 0.1) is 10.1 Å². The van der Waals surface area contributed by atoms with Crippen LogP contribution >= 0.6 is 0 Å². The van der Waals surface area contributed by atoms with Crippen LogP contribution < -0.4 is 0 Å². The van der Waals surface area contributed by atoms with Gasteiger partial charge in [-0.25, -0.2) is 0 Å². The molecule has 0 aliphatic heterocycles. The zero-order valence-electron chi connectivity index (χ0n) is 12.0. The Kier molecular flexibility index (Phi) is 2.98. The van der Waals surface area contributed by atoms with E-state index in [1.807, 2.05) is 36.4 Å². The van der Waals surface area contributed by atoms with E-state index in [0.29, 0.717) is 11.1 Å². The minimum absolute atomic E-state index is 0.0832. The molecule has 0 saturated heterocycles. The van der Waals surface area contributed by atoms with Gasteiger partial charge >= 0.3 is 0 Å². The number of nitrogens with zero attached hydrogens (tertiary/aromatic N) is 3. The molecule has 5 heteroatoms. The second-order valence-corrected chi connectivity index (χ2v) is 5.24. The first-order valence-corrected chi connectivity index (χ1v) is 7.11. The molecular weight excluding hydrogens is 290 g/mol. The Morgan fingerprint density at radius 1 is 0.870 bits per heavy atom. The summed E-state index contributed by atoms with van der Waals surface area (Å²) in [4.78, 5) is 19.7. The maximum atomic E-state index is 11.2. The number of fused-ring (bicyclic) bond motifs is 2. The van der Waals surface area contributed by atoms with Gasteiger partial charge in [-0.3, -0.25) is 20.1 Å². The van der Waals surface area contributed by atoms with E-state index in [4.69, 9.17) is 0 Å². The Bertz CT molecular complexity index is 1060. The molecule has 0 fully saturated rings. The maximum Gasteiger partial charge on any atom is 0.277 e. The van der Waals surface area contributed by atoms with Crippen LogP contribution in [0.25, 0.3) is 32.9 Å². The fourth-order valence-corrected chi connectivity index (χ4v) is 2.68. The van der Waals surface area contributed by atoms with Crippen molar-refractivity contribution in [2.45, 2.75) is 0 Å². The van der Waals surface area contributed by atoms with Crippen LogP contribution in [0.4, 0.5) is 5.69 Å². The normalized spacial score (nSPS) is 11.0. The van der Waals surface area contributed by atoms with Crippen LogP contribution in [0.1, 0.15) is 0 Å². The number of nitro benzene ring substituents is 1. The molecular formula is C18H11N3O2. The van der Waals surface area contributed by atoms with Gasteiger partial charge in [-0.15, -0.1) is 0 Å². The molecule has 0 bridgehead atoms. The van der Waals surface area contributed by atoms with Crippen molar-refractivity contribution in [2.75, 3.05) is 0 Å². The second kappa shape index (κ2) is 5.14. The summed E-state index contributed by atoms with van der Waals surface area (Å²) in [6.45, 7) is 0. The minimum atomic E-state index is -0.370. The molecule has 0 aliphatic rings. The Labute approximate surface area is 131 Å². The summed E-state index contributed by atoms with van der Waals surface area (Å²) in [6, 6.07) is 16.5. The Morgan fingerprint density at radius 2 is 1.70 bits per heavy atom. The molecule has 0 amide bonds. The van der Waals surface area contributed by atoms with E-state index < -0.39 is 0 Å². The fourth-order valence-electron chi connectivity index (χ4n) is 2.68. The van der Waals surface area contributed by atoms with Gasteiger partial charge in [0.05, 0.1) is 21.5 Å². The summed E-state index contributed by atoms with van der Waals surface area (Å²) in [7, 11) is 0. The molecule has 0 N–H and O–H groups in total. The average molecular weight is 301 g/mol. The highest BCUT2D eigenvalue weighted by Gasteiger charge is 2.13. The molecule has 0 spiro atoms. The Morgan fingerprint density at radius 3 is 2.57 bits per heavy atom. The third-order valence-electron chi connectivity index (χ3n) is 3.82. The van der Waals surface area contributed by atoms with Crippen LogP contribution in [-0.2, 0) is 0 Å². The van der Waals surface area contributed by atoms with Crippen molar-refractivity contribution in [3.8, 4) is 11.3 Å². The zero-order valence-corrected chi connectivity index (χ0v) is 12.0. The average Bonchev–Trinajstić information content (AvgIpc) is 2.60. The number of nitro groups is 1. The number of para-hydroxylation sites is 1. The van der Waals surface area contributed by atoms with Crippen molar-refractivity contribution >= 4 is 27.4 Å². The van der Waals surface area contributed by atoms with E-state index in [-0.39, 0.29) is 10.6 Å². The van der Waals surface area contributed by atoms with Gasteiger partial charge in [0.2, 0.25) is 0 Å². The fraction of sp³-hybridized carbons (Fsp3) is 0. The first-order chi connectivity index (χ1) is 11.2. The topological polar surface area (TPSA) is 68.9 Å². The Hall–Kier alpha value is -3.34. The van der Waals surface area contributed by atoms with E-state index in [2.05, 4.69) is 9.97 Å². The quantitative estimate of drug-likeness (QED) is 0.407. The standard InChI is InChI=1S/C18H11N3O2/c22-21(23)18-7-3-5-13-10-20-17(9-15(13)18)14-8-12-4-1-2-6-16(12)19-11-14/h1-11H. The SMILES string of the molecule is O=[N+]([O-])c1cccc2cnc(-c3cnc4ccccc4c3)cc12. The number of pyridine rings is 2. The molecule has 0 saturated carbocycles. The lowest BCUT2D eigenvalue weighted by Gasteiger charge is -2.05. The van der Waals surface area contributed by atoms with Crippen LogP contribution in [0.3, 0.4) is 0 Å². The molecule has 4 aromatic rings. The van der Waals surface area contributed by atoms with Gasteiger partial charge in [-0.2, -0.15) is 0 Å². The molecule has 0 unspecified atom stereocenters. The highest BCUT2D eigenvalue weighted by molar-refractivity contribution is 5.93. The number of hydrogen-bond acceptors (Lipinski definition) is 4. The predicted molar refractivity (Wildman–Crippen MR) is 89.1 cm³/mol. The highest BCUT2D eigenvalue weighted by atomic mass is 16.6. The summed E-state index contributed by atoms with van der Waals surface area (Å²) in [5.41, 5.74) is 2.50. The van der Waals surface area contributed by atoms with Crippen LogP contribution in [0.15, 0.2) is 67.0 Å². The van der Waals surface area contributed by atoms with Crippen molar-refractivity contribution < 1.29 is 4.92 Å². The summed E-state index contributed by atoms with van der Waals surface area (Å²) < 4.78 is 0. The number of aromatic nitrogens is 2. The molecule has 2 aromatic carbocycles. The van der Waals surface area contributed by atoms with Crippen LogP contribution in [0.2, 0.25) is 0 Å². The van der Waals surface area contributed by atoms with E-state index in [0.717, 1.165) is 21.9 Å². The Balaban J connectivity index is 1.93. The van der Waals surface area contributed by atoms with Crippen molar-refractivity contribution in [2.24, 2.45) is 0 Å². The third kappa shape index (κ3) is 2.28. The van der Waals surface area contributed by atoms with E-state index in [1.165, 1.54) is 6.07 Å². The lowest BCUT2D eigenvalue weighted by atomic mass is 10.1. The second-order valence-electron chi connectivity index (χ2n) is 5.24. The van der Waals surface area contributed by atoms with Crippen molar-refractivity contribution in [3.63, 3.8) is 0 Å². The first kappa shape index (κ1) is 13.3. The smallest absolute Gasteiger partial charge is 0.258 e. The van der Waals surface area contributed by atoms with Gasteiger partial charge in [0.15, 0.2) is 0 Å². The van der Waals surface area contributed by atoms with Crippen molar-refractivity contribution in [1.82, 2.24) is 9.97 Å². The number of hydrogen-bond donors (Lipinski definition) is 0. The highest BCUT2D eigenvalue weighted by Crippen LogP contribution is 2.29. The minimum Gasteiger partial charge on any atom is -0.258 e. The molecule has 23 heavy (non-hydrogen) atoms. The summed E-state index contributed by atoms with van der Waals surface area (Å²) >= 11 is 0. The number of benzene rings is 2. The van der Waals surface area contributed by atoms with Crippen molar-refractivity contribution in [1.29, 1.82) is 0 Å². The van der Waals surface area contributed by atoms with Gasteiger partial charge < -0.3 is 0 Å². The molecule has 0 atom stereocenters. The molecule has 0 aliphatic carbocycles. The first-order valence-electron chi connectivity index (χ1n) is 7.11. The van der Waals surface area contributed by atoms with E-state index in [1.54, 1.807) is 24.5 Å². The summed E-state index contributed by atoms with van der Waals surface area (Å²) in [5, 5.41) is 13.5. The van der Waals surface area contributed by atoms with Gasteiger partial charge in [0.25, 0.3) is 5.69 Å². The molecule has 0 radical (unpaired) electrons. The van der Waals surface area contributed by atoms with Crippen LogP contribution in [0.5, 0.6) is 0 Å². The van der Waals surface area contributed by atoms with Crippen molar-refractivity contribution in [3.05, 3.63) is 77.1 Å². The molecule has 4 rings (SSSR count). The zero-order chi connectivity index (χ0) is 15.8. The van der Waals surface area contributed by atoms with Gasteiger partial charge in [0.1, 0.15) is 0 Å². The van der Waals surface area contributed by atoms with Crippen LogP contribution in [-0.4, -0.2) is 14.9 Å². The van der Waals surface area contributed by atoms with Gasteiger partial charge in [0, 0.05) is 34.8 Å². The molecule has 5 nitrogen and oxygen atoms in total. The lowest BCUT2D eigenvalue weighted by Crippen LogP contribution is -1.91. The lowest BCUT2D eigenvalue weighted by molar-refractivity contribution is -0.383. The monoisotopic (exact) mass is 301 g/mol. The maximum absolute atomic E-state index is 11.2. The number of non-ortho nitro benzene ring substituents is 1. The van der Waals surface area contributed by atoms with E-state index in [9.17, 15) is 10.1 Å². The van der Waals surface area contributed by atoms with E-state index >= 15 is 0 Å². The molecule has 110 valence electrons. The third-order valence-corrected chi connectivity index (χ3v) is 3.82. The summed E-state index contributed by atoms with van der Waals surface area (Å²) in [5.74, 6) is 0.